The van der Waals surface area contributed by atoms with Crippen molar-refractivity contribution < 1.29 is 27.6 Å². The van der Waals surface area contributed by atoms with Crippen molar-refractivity contribution in [2.45, 2.75) is 25.9 Å². The molecule has 0 bridgehead atoms. The van der Waals surface area contributed by atoms with Gasteiger partial charge in [-0.2, -0.15) is 13.2 Å². The largest absolute Gasteiger partial charge is 0.405 e. The summed E-state index contributed by atoms with van der Waals surface area (Å²) in [7, 11) is 0. The normalized spacial score (nSPS) is 15.6. The zero-order valence-corrected chi connectivity index (χ0v) is 14.7. The summed E-state index contributed by atoms with van der Waals surface area (Å²) in [5.41, 5.74) is 0.583. The molecule has 1 aliphatic heterocycles. The molecule has 1 fully saturated rings. The maximum atomic E-state index is 12.3. The summed E-state index contributed by atoms with van der Waals surface area (Å²) >= 11 is 1.04. The summed E-state index contributed by atoms with van der Waals surface area (Å²) in [6.45, 7) is 1.30. The van der Waals surface area contributed by atoms with Crippen LogP contribution in [-0.2, 0) is 9.59 Å². The van der Waals surface area contributed by atoms with E-state index < -0.39 is 24.5 Å². The predicted molar refractivity (Wildman–Crippen MR) is 85.3 cm³/mol. The van der Waals surface area contributed by atoms with Crippen LogP contribution >= 0.6 is 11.5 Å². The molecule has 2 rings (SSSR count). The Kier molecular flexibility index (Phi) is 6.51. The molecule has 0 unspecified atom stereocenters. The number of alkyl halides is 3. The lowest BCUT2D eigenvalue weighted by atomic mass is 9.96. The average Bonchev–Trinajstić information content (AvgIpc) is 3.02. The van der Waals surface area contributed by atoms with Crippen LogP contribution in [0.5, 0.6) is 0 Å². The van der Waals surface area contributed by atoms with Crippen molar-refractivity contribution in [3.8, 4) is 0 Å². The molecule has 1 aliphatic rings. The van der Waals surface area contributed by atoms with E-state index in [4.69, 9.17) is 0 Å². The second-order valence-electron chi connectivity index (χ2n) is 5.93. The molecule has 144 valence electrons. The van der Waals surface area contributed by atoms with Crippen molar-refractivity contribution in [2.75, 3.05) is 26.2 Å². The highest BCUT2D eigenvalue weighted by atomic mass is 32.1. The molecular weight excluding hydrogens is 375 g/mol. The molecule has 1 aromatic heterocycles. The molecule has 8 nitrogen and oxygen atoms in total. The van der Waals surface area contributed by atoms with E-state index >= 15 is 0 Å². The van der Waals surface area contributed by atoms with Crippen LogP contribution in [0.4, 0.5) is 13.2 Å². The van der Waals surface area contributed by atoms with Crippen LogP contribution in [0.15, 0.2) is 0 Å². The average molecular weight is 393 g/mol. The van der Waals surface area contributed by atoms with Crippen molar-refractivity contribution in [1.29, 1.82) is 0 Å². The minimum absolute atomic E-state index is 0.0408. The van der Waals surface area contributed by atoms with Crippen molar-refractivity contribution in [3.63, 3.8) is 0 Å². The summed E-state index contributed by atoms with van der Waals surface area (Å²) in [6.07, 6.45) is -3.34. The molecule has 3 amide bonds. The summed E-state index contributed by atoms with van der Waals surface area (Å²) in [5, 5.41) is 7.65. The number of carbonyl (C=O) groups is 3. The lowest BCUT2D eigenvalue weighted by Gasteiger charge is -2.31. The number of nitrogens with zero attached hydrogens (tertiary/aromatic N) is 3. The quantitative estimate of drug-likeness (QED) is 0.725. The van der Waals surface area contributed by atoms with Gasteiger partial charge in [-0.3, -0.25) is 14.4 Å². The minimum atomic E-state index is -4.57. The Labute approximate surface area is 151 Å². The fraction of sp³-hybridized carbons (Fsp3) is 0.643. The van der Waals surface area contributed by atoms with Crippen LogP contribution in [0.3, 0.4) is 0 Å². The van der Waals surface area contributed by atoms with Gasteiger partial charge >= 0.3 is 18.0 Å². The van der Waals surface area contributed by atoms with Crippen LogP contribution < -0.4 is 10.6 Å². The lowest BCUT2D eigenvalue weighted by Crippen LogP contribution is -2.46. The highest BCUT2D eigenvalue weighted by molar-refractivity contribution is 7.07. The maximum Gasteiger partial charge on any atom is 0.405 e. The van der Waals surface area contributed by atoms with E-state index in [0.29, 0.717) is 36.5 Å². The fourth-order valence-corrected chi connectivity index (χ4v) is 3.11. The summed E-state index contributed by atoms with van der Waals surface area (Å²) in [5.74, 6) is -2.51. The highest BCUT2D eigenvalue weighted by Gasteiger charge is 2.30. The number of nitrogens with one attached hydrogen (secondary N) is 2. The number of likely N-dealkylation sites (tertiary alicyclic amines) is 1. The standard InChI is InChI=1S/C14H18F3N5O3S/c1-8-10(26-21-20-8)13(25)22-4-2-9(3-5-22)6-18-11(23)12(24)19-7-14(15,16)17/h9H,2-7H2,1H3,(H,18,23)(H,19,24). The number of carbonyl (C=O) groups excluding carboxylic acids is 3. The highest BCUT2D eigenvalue weighted by Crippen LogP contribution is 2.20. The van der Waals surface area contributed by atoms with E-state index in [0.717, 1.165) is 11.5 Å². The van der Waals surface area contributed by atoms with Gasteiger partial charge in [0.25, 0.3) is 5.91 Å². The van der Waals surface area contributed by atoms with Crippen LogP contribution in [0.2, 0.25) is 0 Å². The van der Waals surface area contributed by atoms with Gasteiger partial charge in [0.2, 0.25) is 0 Å². The first kappa shape index (κ1) is 20.1. The third-order valence-electron chi connectivity index (χ3n) is 3.95. The Morgan fingerprint density at radius 2 is 1.81 bits per heavy atom. The van der Waals surface area contributed by atoms with E-state index in [9.17, 15) is 27.6 Å². The van der Waals surface area contributed by atoms with Crippen LogP contribution in [0.1, 0.15) is 28.2 Å². The van der Waals surface area contributed by atoms with E-state index in [1.54, 1.807) is 11.8 Å². The molecule has 26 heavy (non-hydrogen) atoms. The molecule has 1 saturated heterocycles. The lowest BCUT2D eigenvalue weighted by molar-refractivity contribution is -0.146. The molecule has 0 aliphatic carbocycles. The molecule has 0 radical (unpaired) electrons. The topological polar surface area (TPSA) is 104 Å². The van der Waals surface area contributed by atoms with Gasteiger partial charge in [0.15, 0.2) is 0 Å². The van der Waals surface area contributed by atoms with Gasteiger partial charge in [-0.15, -0.1) is 5.10 Å². The number of hydrogen-bond acceptors (Lipinski definition) is 6. The Morgan fingerprint density at radius 3 is 2.35 bits per heavy atom. The maximum absolute atomic E-state index is 12.3. The molecule has 0 spiro atoms. The smallest absolute Gasteiger partial charge is 0.348 e. The first-order valence-corrected chi connectivity index (χ1v) is 8.65. The van der Waals surface area contributed by atoms with Crippen molar-refractivity contribution in [3.05, 3.63) is 10.6 Å². The van der Waals surface area contributed by atoms with Crippen LogP contribution in [-0.4, -0.2) is 64.6 Å². The second kappa shape index (κ2) is 8.43. The number of amides is 3. The Morgan fingerprint density at radius 1 is 1.19 bits per heavy atom. The van der Waals surface area contributed by atoms with E-state index in [-0.39, 0.29) is 18.4 Å². The Hall–Kier alpha value is -2.24. The SMILES string of the molecule is Cc1nnsc1C(=O)N1CCC(CNC(=O)C(=O)NCC(F)(F)F)CC1. The summed E-state index contributed by atoms with van der Waals surface area (Å²) < 4.78 is 39.7. The van der Waals surface area contributed by atoms with Crippen molar-refractivity contribution in [2.24, 2.45) is 5.92 Å². The number of halogens is 3. The number of aromatic nitrogens is 2. The third-order valence-corrected chi connectivity index (χ3v) is 4.77. The molecule has 0 saturated carbocycles. The fourth-order valence-electron chi connectivity index (χ4n) is 2.49. The van der Waals surface area contributed by atoms with Gasteiger partial charge < -0.3 is 15.5 Å². The first-order chi connectivity index (χ1) is 12.2. The molecular formula is C14H18F3N5O3S. The monoisotopic (exact) mass is 393 g/mol. The molecule has 0 atom stereocenters. The van der Waals surface area contributed by atoms with Crippen molar-refractivity contribution >= 4 is 29.3 Å². The second-order valence-corrected chi connectivity index (χ2v) is 6.69. The van der Waals surface area contributed by atoms with Gasteiger partial charge in [0.1, 0.15) is 11.4 Å². The predicted octanol–water partition coefficient (Wildman–Crippen LogP) is 0.493. The molecule has 12 heteroatoms. The zero-order valence-electron chi connectivity index (χ0n) is 13.9. The molecule has 2 heterocycles. The number of hydrogen-bond donors (Lipinski definition) is 2. The summed E-state index contributed by atoms with van der Waals surface area (Å²) in [6, 6.07) is 0. The number of aryl methyl sites for hydroxylation is 1. The van der Waals surface area contributed by atoms with Gasteiger partial charge in [-0.05, 0) is 37.2 Å². The van der Waals surface area contributed by atoms with Crippen LogP contribution in [0, 0.1) is 12.8 Å². The Balaban J connectivity index is 1.72. The minimum Gasteiger partial charge on any atom is -0.348 e. The van der Waals surface area contributed by atoms with Crippen LogP contribution in [0.25, 0.3) is 0 Å². The van der Waals surface area contributed by atoms with E-state index in [1.165, 1.54) is 5.32 Å². The van der Waals surface area contributed by atoms with E-state index in [1.807, 2.05) is 0 Å². The first-order valence-electron chi connectivity index (χ1n) is 7.88. The van der Waals surface area contributed by atoms with Gasteiger partial charge in [-0.25, -0.2) is 0 Å². The zero-order chi connectivity index (χ0) is 19.3. The number of rotatable bonds is 4. The molecule has 2 N–H and O–H groups in total. The van der Waals surface area contributed by atoms with Gasteiger partial charge in [-0.1, -0.05) is 4.49 Å². The van der Waals surface area contributed by atoms with E-state index in [2.05, 4.69) is 14.9 Å². The third kappa shape index (κ3) is 5.64. The van der Waals surface area contributed by atoms with Gasteiger partial charge in [0, 0.05) is 19.6 Å². The van der Waals surface area contributed by atoms with Crippen molar-refractivity contribution in [1.82, 2.24) is 25.1 Å². The molecule has 0 aromatic carbocycles. The van der Waals surface area contributed by atoms with Gasteiger partial charge in [0.05, 0.1) is 5.69 Å². The Bertz CT molecular complexity index is 671. The molecule has 1 aromatic rings. The summed E-state index contributed by atoms with van der Waals surface area (Å²) in [4.78, 5) is 37.3. The number of piperidine rings is 1.